The lowest BCUT2D eigenvalue weighted by molar-refractivity contribution is -0.00601. The molecule has 0 aromatic heterocycles. The van der Waals surface area contributed by atoms with Crippen LogP contribution in [0.3, 0.4) is 0 Å². The summed E-state index contributed by atoms with van der Waals surface area (Å²) < 4.78 is 31.4. The molecule has 0 unspecified atom stereocenters. The van der Waals surface area contributed by atoms with Crippen LogP contribution in [0.5, 0.6) is 23.0 Å². The lowest BCUT2D eigenvalue weighted by Gasteiger charge is -2.64. The van der Waals surface area contributed by atoms with Crippen molar-refractivity contribution in [2.24, 2.45) is 11.8 Å². The second-order valence-electron chi connectivity index (χ2n) is 17.1. The number of morpholine rings is 1. The van der Waals surface area contributed by atoms with Gasteiger partial charge in [0.05, 0.1) is 40.2 Å². The highest BCUT2D eigenvalue weighted by molar-refractivity contribution is 6.09. The van der Waals surface area contributed by atoms with Gasteiger partial charge in [-0.3, -0.25) is 0 Å². The first kappa shape index (κ1) is 35.5. The fraction of sp³-hybridized carbons (Fsp3) is 0.400. The van der Waals surface area contributed by atoms with Crippen LogP contribution < -0.4 is 23.8 Å². The smallest absolute Gasteiger partial charge is 0.178 e. The molecule has 5 aliphatic rings. The average molecular weight is 748 g/mol. The highest BCUT2D eigenvalue weighted by Crippen LogP contribution is 2.70. The van der Waals surface area contributed by atoms with E-state index in [4.69, 9.17) is 23.7 Å². The van der Waals surface area contributed by atoms with Gasteiger partial charge in [0, 0.05) is 46.0 Å². The first-order valence-corrected chi connectivity index (χ1v) is 20.7. The molecule has 1 spiro atoms. The second-order valence-corrected chi connectivity index (χ2v) is 17.1. The minimum Gasteiger partial charge on any atom is -0.497 e. The van der Waals surface area contributed by atoms with Crippen molar-refractivity contribution in [3.63, 3.8) is 0 Å². The van der Waals surface area contributed by atoms with Crippen LogP contribution in [0, 0.1) is 11.8 Å². The van der Waals surface area contributed by atoms with Gasteiger partial charge in [-0.1, -0.05) is 81.3 Å². The summed E-state index contributed by atoms with van der Waals surface area (Å²) >= 11 is 0. The van der Waals surface area contributed by atoms with Gasteiger partial charge in [-0.2, -0.15) is 0 Å². The van der Waals surface area contributed by atoms with E-state index in [0.717, 1.165) is 58.3 Å². The predicted octanol–water partition coefficient (Wildman–Crippen LogP) is 10.8. The zero-order valence-corrected chi connectivity index (χ0v) is 33.5. The van der Waals surface area contributed by atoms with E-state index >= 15 is 0 Å². The summed E-state index contributed by atoms with van der Waals surface area (Å²) in [6.07, 6.45) is 12.4. The molecule has 56 heavy (non-hydrogen) atoms. The zero-order valence-electron chi connectivity index (χ0n) is 33.5. The predicted molar refractivity (Wildman–Crippen MR) is 225 cm³/mol. The van der Waals surface area contributed by atoms with Crippen LogP contribution in [0.25, 0.3) is 28.0 Å². The lowest BCUT2D eigenvalue weighted by atomic mass is 9.39. The van der Waals surface area contributed by atoms with E-state index < -0.39 is 5.60 Å². The van der Waals surface area contributed by atoms with Gasteiger partial charge in [0.2, 0.25) is 0 Å². The number of hydrogen-bond donors (Lipinski definition) is 0. The monoisotopic (exact) mass is 747 g/mol. The third kappa shape index (κ3) is 4.90. The summed E-state index contributed by atoms with van der Waals surface area (Å²) in [6, 6.07) is 30.7. The van der Waals surface area contributed by atoms with Crippen LogP contribution in [-0.2, 0) is 21.2 Å². The molecule has 1 saturated heterocycles. The lowest BCUT2D eigenvalue weighted by Crippen LogP contribution is -2.61. The van der Waals surface area contributed by atoms with Crippen LogP contribution in [0.4, 0.5) is 5.69 Å². The van der Waals surface area contributed by atoms with Crippen molar-refractivity contribution < 1.29 is 23.7 Å². The Kier molecular flexibility index (Phi) is 8.45. The molecule has 0 amide bonds. The van der Waals surface area contributed by atoms with E-state index in [0.29, 0.717) is 25.0 Å². The van der Waals surface area contributed by atoms with Gasteiger partial charge in [-0.25, -0.2) is 0 Å². The standard InChI is InChI=1S/C50H53NO5/c1-48(2)42-15-7-6-14-38(42)45-40-31-44(54-5)43(51-26-28-55-29-27-51)30-41(40)47-39(46(45)50(48)34-10-8-11-35(50)13-9-12-34)24-25-49(56-47,32-16-20-36(52-3)21-17-32)33-18-22-37(53-4)23-19-33/h6-7,14-25,30-31,34-35H,8-13,26-29H2,1-5H3. The average Bonchev–Trinajstić information content (AvgIpc) is 3.25. The summed E-state index contributed by atoms with van der Waals surface area (Å²) in [5, 5.41) is 2.31. The molecule has 288 valence electrons. The Hall–Kier alpha value is -4.94. The molecule has 2 bridgehead atoms. The molecule has 5 aromatic rings. The van der Waals surface area contributed by atoms with Gasteiger partial charge in [-0.15, -0.1) is 0 Å². The van der Waals surface area contributed by atoms with Gasteiger partial charge in [-0.05, 0) is 108 Å². The van der Waals surface area contributed by atoms with Crippen molar-refractivity contribution in [2.45, 2.75) is 68.8 Å². The number of nitrogens with zero attached hydrogens (tertiary/aromatic N) is 1. The topological polar surface area (TPSA) is 49.4 Å². The molecule has 5 aromatic carbocycles. The molecule has 0 radical (unpaired) electrons. The first-order chi connectivity index (χ1) is 27.4. The maximum absolute atomic E-state index is 7.89. The Morgan fingerprint density at radius 3 is 1.89 bits per heavy atom. The minimum absolute atomic E-state index is 0.0600. The van der Waals surface area contributed by atoms with E-state index in [1.165, 1.54) is 71.7 Å². The van der Waals surface area contributed by atoms with Gasteiger partial charge in [0.25, 0.3) is 0 Å². The molecule has 0 atom stereocenters. The molecule has 0 N–H and O–H groups in total. The van der Waals surface area contributed by atoms with Crippen LogP contribution in [0.15, 0.2) is 91.0 Å². The second kappa shape index (κ2) is 13.3. The molecule has 2 aliphatic heterocycles. The summed E-state index contributed by atoms with van der Waals surface area (Å²) in [7, 11) is 5.25. The van der Waals surface area contributed by atoms with E-state index in [1.54, 1.807) is 14.2 Å². The number of benzene rings is 5. The Morgan fingerprint density at radius 2 is 1.30 bits per heavy atom. The largest absolute Gasteiger partial charge is 0.497 e. The van der Waals surface area contributed by atoms with E-state index in [1.807, 2.05) is 31.4 Å². The van der Waals surface area contributed by atoms with Gasteiger partial charge in [0.15, 0.2) is 5.60 Å². The van der Waals surface area contributed by atoms with E-state index in [-0.39, 0.29) is 10.8 Å². The maximum atomic E-state index is 7.89. The zero-order chi connectivity index (χ0) is 38.2. The van der Waals surface area contributed by atoms with Gasteiger partial charge >= 0.3 is 0 Å². The first-order valence-electron chi connectivity index (χ1n) is 20.7. The Bertz CT molecular complexity index is 2270. The SMILES string of the molecule is COc1ccc(C2(c3ccc(OC)cc3)C=Cc3c4c(c5cc(OC)c(N6CCOCC6)cc5c3O2)-c2ccccc2C(C)(C)C42C3CCCC2CCC3)cc1. The summed E-state index contributed by atoms with van der Waals surface area (Å²) in [6.45, 7) is 8.12. The molecule has 2 heterocycles. The summed E-state index contributed by atoms with van der Waals surface area (Å²) in [5.41, 5.74) is 8.99. The van der Waals surface area contributed by atoms with Crippen molar-refractivity contribution in [3.05, 3.63) is 119 Å². The normalized spacial score (nSPS) is 24.1. The number of fused-ring (bicyclic) bond motifs is 8. The highest BCUT2D eigenvalue weighted by atomic mass is 16.5. The quantitative estimate of drug-likeness (QED) is 0.172. The van der Waals surface area contributed by atoms with Crippen LogP contribution in [0.1, 0.15) is 80.2 Å². The van der Waals surface area contributed by atoms with Crippen molar-refractivity contribution in [1.82, 2.24) is 0 Å². The Morgan fingerprint density at radius 1 is 0.696 bits per heavy atom. The molecule has 2 saturated carbocycles. The maximum Gasteiger partial charge on any atom is 0.178 e. The Labute approximate surface area is 331 Å². The molecular formula is C50H53NO5. The third-order valence-electron chi connectivity index (χ3n) is 14.6. The molecule has 6 heteroatoms. The summed E-state index contributed by atoms with van der Waals surface area (Å²) in [4.78, 5) is 2.41. The van der Waals surface area contributed by atoms with Crippen molar-refractivity contribution in [3.8, 4) is 34.1 Å². The number of methoxy groups -OCH3 is 3. The molecule has 6 nitrogen and oxygen atoms in total. The van der Waals surface area contributed by atoms with Gasteiger partial charge in [0.1, 0.15) is 23.0 Å². The number of hydrogen-bond acceptors (Lipinski definition) is 6. The molecule has 3 fully saturated rings. The van der Waals surface area contributed by atoms with E-state index in [9.17, 15) is 0 Å². The van der Waals surface area contributed by atoms with Crippen molar-refractivity contribution in [2.75, 3.05) is 52.5 Å². The van der Waals surface area contributed by atoms with Crippen molar-refractivity contribution >= 4 is 22.5 Å². The molecule has 10 rings (SSSR count). The van der Waals surface area contributed by atoms with E-state index in [2.05, 4.69) is 91.6 Å². The highest BCUT2D eigenvalue weighted by Gasteiger charge is 2.63. The van der Waals surface area contributed by atoms with Crippen LogP contribution >= 0.6 is 0 Å². The van der Waals surface area contributed by atoms with Gasteiger partial charge < -0.3 is 28.6 Å². The number of anilines is 1. The molecule has 3 aliphatic carbocycles. The molecular weight excluding hydrogens is 695 g/mol. The van der Waals surface area contributed by atoms with Crippen LogP contribution in [-0.4, -0.2) is 47.6 Å². The van der Waals surface area contributed by atoms with Crippen LogP contribution in [0.2, 0.25) is 0 Å². The fourth-order valence-corrected chi connectivity index (χ4v) is 12.2. The third-order valence-corrected chi connectivity index (χ3v) is 14.6. The number of rotatable bonds is 6. The van der Waals surface area contributed by atoms with Crippen molar-refractivity contribution in [1.29, 1.82) is 0 Å². The number of ether oxygens (including phenoxy) is 5. The minimum atomic E-state index is -0.913. The fourth-order valence-electron chi connectivity index (χ4n) is 12.2. The summed E-state index contributed by atoms with van der Waals surface area (Å²) in [5.74, 6) is 4.63. The Balaban J connectivity index is 1.34.